The van der Waals surface area contributed by atoms with Crippen LogP contribution in [0.2, 0.25) is 0 Å². The molecule has 0 atom stereocenters. The van der Waals surface area contributed by atoms with Crippen LogP contribution in [0.1, 0.15) is 65.2 Å². The molecular weight excluding hydrogens is 415 g/mol. The molecule has 5 nitrogen and oxygen atoms in total. The number of rotatable bonds is 6. The van der Waals surface area contributed by atoms with Crippen molar-refractivity contribution in [2.75, 3.05) is 32.7 Å². The SMILES string of the molecule is CCCNC(=O)CCN=C(NCC)N1CCC2(CCCCC2)C1.I. The third-order valence-electron chi connectivity index (χ3n) is 5.16. The summed E-state index contributed by atoms with van der Waals surface area (Å²) >= 11 is 0. The molecule has 24 heavy (non-hydrogen) atoms. The molecule has 1 amide bonds. The van der Waals surface area contributed by atoms with Crippen LogP contribution in [0, 0.1) is 5.41 Å². The number of aliphatic imine (C=N–C) groups is 1. The molecule has 0 radical (unpaired) electrons. The Labute approximate surface area is 164 Å². The summed E-state index contributed by atoms with van der Waals surface area (Å²) in [6.07, 6.45) is 9.70. The van der Waals surface area contributed by atoms with Gasteiger partial charge in [-0.2, -0.15) is 0 Å². The van der Waals surface area contributed by atoms with Crippen LogP contribution >= 0.6 is 24.0 Å². The zero-order valence-corrected chi connectivity index (χ0v) is 17.7. The maximum Gasteiger partial charge on any atom is 0.221 e. The van der Waals surface area contributed by atoms with Gasteiger partial charge in [0.1, 0.15) is 0 Å². The fourth-order valence-electron chi connectivity index (χ4n) is 3.87. The van der Waals surface area contributed by atoms with Gasteiger partial charge in [-0.25, -0.2) is 0 Å². The highest BCUT2D eigenvalue weighted by Crippen LogP contribution is 2.43. The van der Waals surface area contributed by atoms with Crippen molar-refractivity contribution in [2.45, 2.75) is 65.2 Å². The standard InChI is InChI=1S/C18H34N4O.HI/c1-3-12-20-16(23)8-13-21-17(19-4-2)22-14-11-18(15-22)9-6-5-7-10-18;/h3-15H2,1-2H3,(H,19,21)(H,20,23);1H. The molecule has 2 aliphatic rings. The van der Waals surface area contributed by atoms with E-state index in [4.69, 9.17) is 4.99 Å². The van der Waals surface area contributed by atoms with Crippen LogP contribution in [0.3, 0.4) is 0 Å². The monoisotopic (exact) mass is 450 g/mol. The van der Waals surface area contributed by atoms with Crippen molar-refractivity contribution in [2.24, 2.45) is 10.4 Å². The van der Waals surface area contributed by atoms with Crippen LogP contribution in [-0.2, 0) is 4.79 Å². The van der Waals surface area contributed by atoms with E-state index >= 15 is 0 Å². The minimum Gasteiger partial charge on any atom is -0.357 e. The minimum absolute atomic E-state index is 0. The van der Waals surface area contributed by atoms with Crippen molar-refractivity contribution in [3.05, 3.63) is 0 Å². The van der Waals surface area contributed by atoms with Crippen LogP contribution in [0.15, 0.2) is 4.99 Å². The number of amides is 1. The van der Waals surface area contributed by atoms with Crippen molar-refractivity contribution in [1.29, 1.82) is 0 Å². The molecule has 6 heteroatoms. The normalized spacial score (nSPS) is 19.9. The van der Waals surface area contributed by atoms with Gasteiger partial charge < -0.3 is 15.5 Å². The van der Waals surface area contributed by atoms with E-state index in [0.29, 0.717) is 18.4 Å². The second-order valence-electron chi connectivity index (χ2n) is 7.07. The average molecular weight is 450 g/mol. The fraction of sp³-hybridized carbons (Fsp3) is 0.889. The third kappa shape index (κ3) is 6.41. The molecule has 1 aliphatic carbocycles. The van der Waals surface area contributed by atoms with Crippen molar-refractivity contribution in [3.63, 3.8) is 0 Å². The van der Waals surface area contributed by atoms with E-state index in [1.807, 2.05) is 0 Å². The highest BCUT2D eigenvalue weighted by atomic mass is 127. The quantitative estimate of drug-likeness (QED) is 0.372. The second-order valence-corrected chi connectivity index (χ2v) is 7.07. The molecule has 140 valence electrons. The van der Waals surface area contributed by atoms with E-state index < -0.39 is 0 Å². The van der Waals surface area contributed by atoms with Gasteiger partial charge in [0.25, 0.3) is 0 Å². The van der Waals surface area contributed by atoms with Crippen molar-refractivity contribution < 1.29 is 4.79 Å². The highest BCUT2D eigenvalue weighted by Gasteiger charge is 2.39. The lowest BCUT2D eigenvalue weighted by atomic mass is 9.73. The van der Waals surface area contributed by atoms with E-state index in [9.17, 15) is 4.79 Å². The molecule has 0 aromatic heterocycles. The Morgan fingerprint density at radius 3 is 2.54 bits per heavy atom. The Morgan fingerprint density at radius 2 is 1.88 bits per heavy atom. The number of hydrogen-bond acceptors (Lipinski definition) is 2. The number of hydrogen-bond donors (Lipinski definition) is 2. The molecule has 1 saturated carbocycles. The Bertz CT molecular complexity index is 408. The lowest BCUT2D eigenvalue weighted by Crippen LogP contribution is -2.41. The number of guanidine groups is 1. The lowest BCUT2D eigenvalue weighted by molar-refractivity contribution is -0.120. The summed E-state index contributed by atoms with van der Waals surface area (Å²) in [5.74, 6) is 1.11. The smallest absolute Gasteiger partial charge is 0.221 e. The van der Waals surface area contributed by atoms with Gasteiger partial charge >= 0.3 is 0 Å². The van der Waals surface area contributed by atoms with Gasteiger partial charge in [0.15, 0.2) is 5.96 Å². The first-order valence-electron chi connectivity index (χ1n) is 9.49. The average Bonchev–Trinajstić information content (AvgIpc) is 2.96. The van der Waals surface area contributed by atoms with Crippen molar-refractivity contribution in [1.82, 2.24) is 15.5 Å². The Morgan fingerprint density at radius 1 is 1.12 bits per heavy atom. The number of nitrogens with one attached hydrogen (secondary N) is 2. The predicted octanol–water partition coefficient (Wildman–Crippen LogP) is 3.14. The highest BCUT2D eigenvalue weighted by molar-refractivity contribution is 14.0. The fourth-order valence-corrected chi connectivity index (χ4v) is 3.87. The van der Waals surface area contributed by atoms with E-state index in [1.54, 1.807) is 0 Å². The summed E-state index contributed by atoms with van der Waals surface area (Å²) in [7, 11) is 0. The largest absolute Gasteiger partial charge is 0.357 e. The van der Waals surface area contributed by atoms with E-state index in [2.05, 4.69) is 29.4 Å². The van der Waals surface area contributed by atoms with Gasteiger partial charge in [-0.1, -0.05) is 26.2 Å². The summed E-state index contributed by atoms with van der Waals surface area (Å²) in [4.78, 5) is 18.8. The molecule has 0 aromatic carbocycles. The predicted molar refractivity (Wildman–Crippen MR) is 111 cm³/mol. The molecule has 2 N–H and O–H groups in total. The van der Waals surface area contributed by atoms with Gasteiger partial charge in [-0.05, 0) is 38.0 Å². The zero-order chi connectivity index (χ0) is 16.5. The summed E-state index contributed by atoms with van der Waals surface area (Å²) in [5.41, 5.74) is 0.535. The first kappa shape index (κ1) is 21.5. The topological polar surface area (TPSA) is 56.7 Å². The van der Waals surface area contributed by atoms with E-state index in [1.165, 1.54) is 38.5 Å². The van der Waals surface area contributed by atoms with Crippen LogP contribution in [0.5, 0.6) is 0 Å². The van der Waals surface area contributed by atoms with Crippen LogP contribution in [0.4, 0.5) is 0 Å². The molecular formula is C18H35IN4O. The molecule has 2 rings (SSSR count). The summed E-state index contributed by atoms with van der Waals surface area (Å²) in [5, 5.41) is 6.32. The minimum atomic E-state index is 0. The molecule has 1 aliphatic heterocycles. The van der Waals surface area contributed by atoms with Crippen molar-refractivity contribution >= 4 is 35.8 Å². The third-order valence-corrected chi connectivity index (χ3v) is 5.16. The van der Waals surface area contributed by atoms with Gasteiger partial charge in [0.2, 0.25) is 5.91 Å². The lowest BCUT2D eigenvalue weighted by Gasteiger charge is -2.33. The first-order chi connectivity index (χ1) is 11.2. The molecule has 0 aromatic rings. The zero-order valence-electron chi connectivity index (χ0n) is 15.4. The number of nitrogens with zero attached hydrogens (tertiary/aromatic N) is 2. The molecule has 2 fully saturated rings. The van der Waals surface area contributed by atoms with Crippen LogP contribution in [0.25, 0.3) is 0 Å². The van der Waals surface area contributed by atoms with E-state index in [-0.39, 0.29) is 29.9 Å². The Kier molecular flexibility index (Phi) is 10.0. The molecule has 1 spiro atoms. The van der Waals surface area contributed by atoms with Gasteiger partial charge in [-0.3, -0.25) is 9.79 Å². The number of likely N-dealkylation sites (tertiary alicyclic amines) is 1. The molecule has 0 unspecified atom stereocenters. The number of halogens is 1. The maximum absolute atomic E-state index is 11.7. The maximum atomic E-state index is 11.7. The Hall–Kier alpha value is -0.530. The van der Waals surface area contributed by atoms with Gasteiger partial charge in [0.05, 0.1) is 6.54 Å². The van der Waals surface area contributed by atoms with E-state index in [0.717, 1.165) is 38.6 Å². The first-order valence-corrected chi connectivity index (χ1v) is 9.49. The van der Waals surface area contributed by atoms with Crippen molar-refractivity contribution in [3.8, 4) is 0 Å². The van der Waals surface area contributed by atoms with Gasteiger partial charge in [0, 0.05) is 32.6 Å². The number of carbonyl (C=O) groups is 1. The Balaban J connectivity index is 0.00000288. The number of carbonyl (C=O) groups excluding carboxylic acids is 1. The molecule has 1 saturated heterocycles. The molecule has 1 heterocycles. The summed E-state index contributed by atoms with van der Waals surface area (Å²) in [6.45, 7) is 8.63. The summed E-state index contributed by atoms with van der Waals surface area (Å²) in [6, 6.07) is 0. The second kappa shape index (κ2) is 11.2. The summed E-state index contributed by atoms with van der Waals surface area (Å²) < 4.78 is 0. The van der Waals surface area contributed by atoms with Crippen LogP contribution < -0.4 is 10.6 Å². The van der Waals surface area contributed by atoms with Crippen LogP contribution in [-0.4, -0.2) is 49.5 Å². The molecule has 0 bridgehead atoms. The van der Waals surface area contributed by atoms with Gasteiger partial charge in [-0.15, -0.1) is 24.0 Å².